The molecule has 0 fully saturated rings. The third-order valence-corrected chi connectivity index (χ3v) is 3.11. The van der Waals surface area contributed by atoms with Crippen molar-refractivity contribution < 1.29 is 0 Å². The highest BCUT2D eigenvalue weighted by atomic mass is 32.1. The Morgan fingerprint density at radius 1 is 1.40 bits per heavy atom. The number of hydrogen-bond donors (Lipinski definition) is 1. The summed E-state index contributed by atoms with van der Waals surface area (Å²) in [6.07, 6.45) is 2.92. The smallest absolute Gasteiger partial charge is 0.0393 e. The number of anilines is 1. The van der Waals surface area contributed by atoms with E-state index in [1.54, 1.807) is 0 Å². The summed E-state index contributed by atoms with van der Waals surface area (Å²) in [6.45, 7) is 2.98. The highest BCUT2D eigenvalue weighted by Gasteiger charge is 1.95. The van der Waals surface area contributed by atoms with E-state index in [2.05, 4.69) is 33.9 Å². The fraction of sp³-hybridized carbons (Fsp3) is 0.250. The monoisotopic (exact) mass is 218 g/mol. The predicted molar refractivity (Wildman–Crippen MR) is 65.5 cm³/mol. The molecular weight excluding hydrogens is 204 g/mol. The first-order valence-electron chi connectivity index (χ1n) is 5.03. The molecule has 0 amide bonds. The molecule has 2 rings (SSSR count). The Morgan fingerprint density at radius 3 is 3.07 bits per heavy atom. The van der Waals surface area contributed by atoms with Gasteiger partial charge < -0.3 is 5.32 Å². The Kier molecular flexibility index (Phi) is 3.35. The summed E-state index contributed by atoms with van der Waals surface area (Å²) in [4.78, 5) is 5.58. The van der Waals surface area contributed by atoms with Crippen molar-refractivity contribution in [2.75, 3.05) is 11.9 Å². The largest absolute Gasteiger partial charge is 0.385 e. The maximum atomic E-state index is 4.16. The van der Waals surface area contributed by atoms with Crippen LogP contribution in [-0.4, -0.2) is 11.5 Å². The summed E-state index contributed by atoms with van der Waals surface area (Å²) in [5.41, 5.74) is 2.20. The first-order valence-corrected chi connectivity index (χ1v) is 5.91. The lowest BCUT2D eigenvalue weighted by Crippen LogP contribution is -2.04. The number of nitrogens with one attached hydrogen (secondary N) is 1. The minimum atomic E-state index is 0.976. The Morgan fingerprint density at radius 2 is 2.33 bits per heavy atom. The fourth-order valence-corrected chi connectivity index (χ4v) is 2.15. The molecule has 2 nitrogen and oxygen atoms in total. The van der Waals surface area contributed by atoms with Gasteiger partial charge in [0.05, 0.1) is 0 Å². The molecule has 0 atom stereocenters. The second-order valence-corrected chi connectivity index (χ2v) is 4.47. The minimum Gasteiger partial charge on any atom is -0.385 e. The molecule has 3 heteroatoms. The van der Waals surface area contributed by atoms with Gasteiger partial charge in [-0.3, -0.25) is 4.98 Å². The molecule has 78 valence electrons. The summed E-state index contributed by atoms with van der Waals surface area (Å²) in [5, 5.41) is 5.51. The van der Waals surface area contributed by atoms with Crippen molar-refractivity contribution in [1.82, 2.24) is 4.98 Å². The topological polar surface area (TPSA) is 24.9 Å². The molecule has 0 radical (unpaired) electrons. The number of rotatable bonds is 4. The predicted octanol–water partition coefficient (Wildman–Crippen LogP) is 3.11. The normalized spacial score (nSPS) is 10.2. The van der Waals surface area contributed by atoms with Gasteiger partial charge >= 0.3 is 0 Å². The summed E-state index contributed by atoms with van der Waals surface area (Å²) in [7, 11) is 0. The van der Waals surface area contributed by atoms with Crippen molar-refractivity contribution in [1.29, 1.82) is 0 Å². The van der Waals surface area contributed by atoms with Crippen LogP contribution in [0.2, 0.25) is 0 Å². The molecule has 0 bridgehead atoms. The first-order chi connectivity index (χ1) is 7.34. The quantitative estimate of drug-likeness (QED) is 0.853. The van der Waals surface area contributed by atoms with Crippen LogP contribution in [0.4, 0.5) is 5.69 Å². The van der Waals surface area contributed by atoms with Crippen LogP contribution in [0.25, 0.3) is 0 Å². The van der Waals surface area contributed by atoms with Gasteiger partial charge in [-0.15, -0.1) is 11.3 Å². The molecule has 0 saturated carbocycles. The van der Waals surface area contributed by atoms with E-state index in [9.17, 15) is 0 Å². The SMILES string of the molecule is Cc1cc(NCCc2cccs2)ccn1. The van der Waals surface area contributed by atoms with Gasteiger partial charge in [0, 0.05) is 29.0 Å². The number of pyridine rings is 1. The van der Waals surface area contributed by atoms with Crippen LogP contribution in [0.1, 0.15) is 10.6 Å². The van der Waals surface area contributed by atoms with Crippen molar-refractivity contribution in [2.24, 2.45) is 0 Å². The first kappa shape index (κ1) is 10.2. The zero-order valence-electron chi connectivity index (χ0n) is 8.73. The molecule has 0 spiro atoms. The van der Waals surface area contributed by atoms with Gasteiger partial charge in [-0.2, -0.15) is 0 Å². The average molecular weight is 218 g/mol. The van der Waals surface area contributed by atoms with Crippen LogP contribution >= 0.6 is 11.3 Å². The van der Waals surface area contributed by atoms with E-state index in [0.29, 0.717) is 0 Å². The highest BCUT2D eigenvalue weighted by Crippen LogP contribution is 2.11. The Bertz CT molecular complexity index is 409. The molecule has 0 aromatic carbocycles. The van der Waals surface area contributed by atoms with Crippen molar-refractivity contribution in [3.63, 3.8) is 0 Å². The molecule has 0 aliphatic heterocycles. The lowest BCUT2D eigenvalue weighted by Gasteiger charge is -2.05. The van der Waals surface area contributed by atoms with Crippen LogP contribution in [0.5, 0.6) is 0 Å². The van der Waals surface area contributed by atoms with Crippen LogP contribution in [0, 0.1) is 6.92 Å². The van der Waals surface area contributed by atoms with Crippen LogP contribution in [-0.2, 0) is 6.42 Å². The van der Waals surface area contributed by atoms with Crippen molar-refractivity contribution >= 4 is 17.0 Å². The average Bonchev–Trinajstić information content (AvgIpc) is 2.71. The summed E-state index contributed by atoms with van der Waals surface area (Å²) in [6, 6.07) is 8.33. The molecule has 0 aliphatic rings. The molecule has 0 unspecified atom stereocenters. The molecule has 0 saturated heterocycles. The van der Waals surface area contributed by atoms with Gasteiger partial charge in [-0.1, -0.05) is 6.07 Å². The van der Waals surface area contributed by atoms with E-state index in [1.807, 2.05) is 30.5 Å². The van der Waals surface area contributed by atoms with E-state index in [-0.39, 0.29) is 0 Å². The zero-order valence-corrected chi connectivity index (χ0v) is 9.55. The Balaban J connectivity index is 1.83. The van der Waals surface area contributed by atoms with Gasteiger partial charge in [0.15, 0.2) is 0 Å². The van der Waals surface area contributed by atoms with Gasteiger partial charge in [-0.25, -0.2) is 0 Å². The molecule has 15 heavy (non-hydrogen) atoms. The molecule has 2 aromatic rings. The molecular formula is C12H14N2S. The lowest BCUT2D eigenvalue weighted by atomic mass is 10.3. The number of aromatic nitrogens is 1. The van der Waals surface area contributed by atoms with Crippen LogP contribution in [0.3, 0.4) is 0 Å². The van der Waals surface area contributed by atoms with Gasteiger partial charge in [0.1, 0.15) is 0 Å². The minimum absolute atomic E-state index is 0.976. The van der Waals surface area contributed by atoms with E-state index in [0.717, 1.165) is 24.3 Å². The van der Waals surface area contributed by atoms with Gasteiger partial charge in [0.2, 0.25) is 0 Å². The van der Waals surface area contributed by atoms with E-state index in [1.165, 1.54) is 4.88 Å². The second kappa shape index (κ2) is 4.94. The van der Waals surface area contributed by atoms with E-state index in [4.69, 9.17) is 0 Å². The molecule has 2 aromatic heterocycles. The number of thiophene rings is 1. The van der Waals surface area contributed by atoms with Crippen molar-refractivity contribution in [2.45, 2.75) is 13.3 Å². The van der Waals surface area contributed by atoms with E-state index < -0.39 is 0 Å². The fourth-order valence-electron chi connectivity index (χ4n) is 1.44. The molecule has 0 aliphatic carbocycles. The molecule has 2 heterocycles. The third-order valence-electron chi connectivity index (χ3n) is 2.18. The summed E-state index contributed by atoms with van der Waals surface area (Å²) >= 11 is 1.81. The van der Waals surface area contributed by atoms with E-state index >= 15 is 0 Å². The van der Waals surface area contributed by atoms with Crippen LogP contribution < -0.4 is 5.32 Å². The summed E-state index contributed by atoms with van der Waals surface area (Å²) < 4.78 is 0. The number of aryl methyl sites for hydroxylation is 1. The molecule has 1 N–H and O–H groups in total. The van der Waals surface area contributed by atoms with Crippen molar-refractivity contribution in [3.05, 3.63) is 46.4 Å². The highest BCUT2D eigenvalue weighted by molar-refractivity contribution is 7.09. The number of hydrogen-bond acceptors (Lipinski definition) is 3. The third kappa shape index (κ3) is 3.06. The number of nitrogens with zero attached hydrogens (tertiary/aromatic N) is 1. The van der Waals surface area contributed by atoms with Gasteiger partial charge in [-0.05, 0) is 36.9 Å². The van der Waals surface area contributed by atoms with Gasteiger partial charge in [0.25, 0.3) is 0 Å². The zero-order chi connectivity index (χ0) is 10.5. The lowest BCUT2D eigenvalue weighted by molar-refractivity contribution is 1.04. The standard InChI is InChI=1S/C12H14N2S/c1-10-9-11(4-6-13-10)14-7-5-12-3-2-8-15-12/h2-4,6,8-9H,5,7H2,1H3,(H,13,14). The Labute approximate surface area is 94.0 Å². The van der Waals surface area contributed by atoms with Crippen LogP contribution in [0.15, 0.2) is 35.8 Å². The summed E-state index contributed by atoms with van der Waals surface area (Å²) in [5.74, 6) is 0. The Hall–Kier alpha value is -1.35. The maximum absolute atomic E-state index is 4.16. The second-order valence-electron chi connectivity index (χ2n) is 3.44. The van der Waals surface area contributed by atoms with Crippen molar-refractivity contribution in [3.8, 4) is 0 Å². The maximum Gasteiger partial charge on any atom is 0.0393 e.